The van der Waals surface area contributed by atoms with Gasteiger partial charge in [0.25, 0.3) is 0 Å². The first-order valence-electron chi connectivity index (χ1n) is 8.39. The predicted molar refractivity (Wildman–Crippen MR) is 94.7 cm³/mol. The van der Waals surface area contributed by atoms with Crippen LogP contribution in [0.25, 0.3) is 0 Å². The molecule has 1 heterocycles. The van der Waals surface area contributed by atoms with E-state index in [9.17, 15) is 18.0 Å². The largest absolute Gasteiger partial charge is 0.416 e. The van der Waals surface area contributed by atoms with Gasteiger partial charge < -0.3 is 10.6 Å². The van der Waals surface area contributed by atoms with Crippen LogP contribution in [0.15, 0.2) is 24.3 Å². The standard InChI is InChI=1S/C18H25F3N2O.ClH/c1-12(14-3-5-16(6-4-14)18(19,20)21)11-17(24)23-9-7-15(8-10-23)13(2)22;/h3-6,12-13,15H,7-11,22H2,1-2H3;1H. The molecule has 2 unspecified atom stereocenters. The number of carbonyl (C=O) groups is 1. The van der Waals surface area contributed by atoms with Crippen molar-refractivity contribution in [3.63, 3.8) is 0 Å². The molecule has 1 fully saturated rings. The van der Waals surface area contributed by atoms with Gasteiger partial charge in [-0.05, 0) is 49.3 Å². The molecule has 0 spiro atoms. The predicted octanol–water partition coefficient (Wildman–Crippen LogP) is 4.21. The van der Waals surface area contributed by atoms with Crippen LogP contribution in [0.4, 0.5) is 13.2 Å². The van der Waals surface area contributed by atoms with Gasteiger partial charge in [0.1, 0.15) is 0 Å². The zero-order chi connectivity index (χ0) is 17.9. The maximum Gasteiger partial charge on any atom is 0.416 e. The van der Waals surface area contributed by atoms with Crippen LogP contribution in [0, 0.1) is 5.92 Å². The van der Waals surface area contributed by atoms with E-state index in [4.69, 9.17) is 5.73 Å². The normalized spacial score (nSPS) is 18.4. The van der Waals surface area contributed by atoms with Gasteiger partial charge in [-0.15, -0.1) is 12.4 Å². The highest BCUT2D eigenvalue weighted by Gasteiger charge is 2.30. The van der Waals surface area contributed by atoms with Crippen molar-refractivity contribution in [2.75, 3.05) is 13.1 Å². The van der Waals surface area contributed by atoms with Gasteiger partial charge in [0, 0.05) is 25.6 Å². The average Bonchev–Trinajstić information content (AvgIpc) is 2.54. The molecular formula is C18H26ClF3N2O. The van der Waals surface area contributed by atoms with E-state index in [0.717, 1.165) is 30.5 Å². The number of hydrogen-bond acceptors (Lipinski definition) is 2. The van der Waals surface area contributed by atoms with E-state index in [2.05, 4.69) is 0 Å². The van der Waals surface area contributed by atoms with Gasteiger partial charge in [0.2, 0.25) is 5.91 Å². The third-order valence-corrected chi connectivity index (χ3v) is 4.92. The smallest absolute Gasteiger partial charge is 0.343 e. The molecule has 7 heteroatoms. The van der Waals surface area contributed by atoms with Crippen LogP contribution in [0.2, 0.25) is 0 Å². The summed E-state index contributed by atoms with van der Waals surface area (Å²) < 4.78 is 37.8. The number of nitrogens with two attached hydrogens (primary N) is 1. The Bertz CT molecular complexity index is 552. The van der Waals surface area contributed by atoms with E-state index in [1.165, 1.54) is 12.1 Å². The fraction of sp³-hybridized carbons (Fsp3) is 0.611. The molecule has 0 aromatic heterocycles. The topological polar surface area (TPSA) is 46.3 Å². The van der Waals surface area contributed by atoms with E-state index in [1.807, 2.05) is 18.7 Å². The summed E-state index contributed by atoms with van der Waals surface area (Å²) in [5.74, 6) is 0.415. The van der Waals surface area contributed by atoms with Gasteiger partial charge in [0.05, 0.1) is 5.56 Å². The Kier molecular flexibility index (Phi) is 7.75. The maximum absolute atomic E-state index is 12.6. The van der Waals surface area contributed by atoms with Crippen LogP contribution in [0.5, 0.6) is 0 Å². The molecule has 0 saturated carbocycles. The fourth-order valence-corrected chi connectivity index (χ4v) is 3.18. The lowest BCUT2D eigenvalue weighted by atomic mass is 9.90. The minimum atomic E-state index is -4.33. The van der Waals surface area contributed by atoms with Crippen molar-refractivity contribution in [1.82, 2.24) is 4.90 Å². The highest BCUT2D eigenvalue weighted by Crippen LogP contribution is 2.31. The number of rotatable bonds is 4. The van der Waals surface area contributed by atoms with Crippen molar-refractivity contribution < 1.29 is 18.0 Å². The quantitative estimate of drug-likeness (QED) is 0.853. The summed E-state index contributed by atoms with van der Waals surface area (Å²) in [4.78, 5) is 14.2. The van der Waals surface area contributed by atoms with Gasteiger partial charge in [-0.3, -0.25) is 4.79 Å². The van der Waals surface area contributed by atoms with E-state index in [0.29, 0.717) is 25.4 Å². The van der Waals surface area contributed by atoms with E-state index >= 15 is 0 Å². The Morgan fingerprint density at radius 2 is 1.72 bits per heavy atom. The zero-order valence-corrected chi connectivity index (χ0v) is 15.4. The monoisotopic (exact) mass is 378 g/mol. The lowest BCUT2D eigenvalue weighted by molar-refractivity contribution is -0.137. The van der Waals surface area contributed by atoms with Crippen LogP contribution in [-0.2, 0) is 11.0 Å². The molecule has 1 aliphatic rings. The van der Waals surface area contributed by atoms with Crippen molar-refractivity contribution in [3.8, 4) is 0 Å². The van der Waals surface area contributed by atoms with Gasteiger partial charge >= 0.3 is 6.18 Å². The summed E-state index contributed by atoms with van der Waals surface area (Å²) >= 11 is 0. The number of likely N-dealkylation sites (tertiary alicyclic amines) is 1. The first kappa shape index (κ1) is 21.8. The van der Waals surface area contributed by atoms with E-state index in [1.54, 1.807) is 0 Å². The first-order chi connectivity index (χ1) is 11.2. The number of benzene rings is 1. The number of piperidine rings is 1. The van der Waals surface area contributed by atoms with Gasteiger partial charge in [-0.1, -0.05) is 19.1 Å². The van der Waals surface area contributed by atoms with Crippen LogP contribution in [-0.4, -0.2) is 29.9 Å². The number of halogens is 4. The molecular weight excluding hydrogens is 353 g/mol. The van der Waals surface area contributed by atoms with Crippen molar-refractivity contribution in [2.45, 2.75) is 51.2 Å². The fourth-order valence-electron chi connectivity index (χ4n) is 3.18. The Morgan fingerprint density at radius 1 is 1.20 bits per heavy atom. The number of hydrogen-bond donors (Lipinski definition) is 1. The Hall–Kier alpha value is -1.27. The van der Waals surface area contributed by atoms with Gasteiger partial charge in [-0.25, -0.2) is 0 Å². The van der Waals surface area contributed by atoms with Crippen LogP contribution in [0.3, 0.4) is 0 Å². The second-order valence-corrected chi connectivity index (χ2v) is 6.80. The molecule has 2 rings (SSSR count). The summed E-state index contributed by atoms with van der Waals surface area (Å²) in [6.07, 6.45) is -2.19. The Labute approximate surface area is 153 Å². The molecule has 1 amide bonds. The summed E-state index contributed by atoms with van der Waals surface area (Å²) in [6, 6.07) is 5.22. The molecule has 0 radical (unpaired) electrons. The van der Waals surface area contributed by atoms with Crippen LogP contribution < -0.4 is 5.73 Å². The highest BCUT2D eigenvalue weighted by atomic mass is 35.5. The molecule has 1 aliphatic heterocycles. The van der Waals surface area contributed by atoms with Crippen molar-refractivity contribution in [3.05, 3.63) is 35.4 Å². The lowest BCUT2D eigenvalue weighted by Gasteiger charge is -2.34. The third kappa shape index (κ3) is 5.89. The number of amides is 1. The Balaban J connectivity index is 0.00000312. The van der Waals surface area contributed by atoms with Crippen LogP contribution in [0.1, 0.15) is 50.2 Å². The molecule has 1 aromatic carbocycles. The highest BCUT2D eigenvalue weighted by molar-refractivity contribution is 5.85. The second-order valence-electron chi connectivity index (χ2n) is 6.80. The lowest BCUT2D eigenvalue weighted by Crippen LogP contribution is -2.42. The molecule has 2 N–H and O–H groups in total. The van der Waals surface area contributed by atoms with Crippen molar-refractivity contribution >= 4 is 18.3 Å². The Morgan fingerprint density at radius 3 is 2.16 bits per heavy atom. The number of carbonyl (C=O) groups excluding carboxylic acids is 1. The summed E-state index contributed by atoms with van der Waals surface area (Å²) in [7, 11) is 0. The maximum atomic E-state index is 12.6. The molecule has 1 saturated heterocycles. The average molecular weight is 379 g/mol. The summed E-state index contributed by atoms with van der Waals surface area (Å²) in [5.41, 5.74) is 5.99. The molecule has 0 bridgehead atoms. The number of alkyl halides is 3. The summed E-state index contributed by atoms with van der Waals surface area (Å²) in [5, 5.41) is 0. The van der Waals surface area contributed by atoms with Crippen molar-refractivity contribution in [2.24, 2.45) is 11.7 Å². The SMILES string of the molecule is CC(CC(=O)N1CCC(C(C)N)CC1)c1ccc(C(F)(F)F)cc1.Cl. The second kappa shape index (κ2) is 8.90. The van der Waals surface area contributed by atoms with E-state index in [-0.39, 0.29) is 30.3 Å². The molecule has 142 valence electrons. The summed E-state index contributed by atoms with van der Waals surface area (Å²) in [6.45, 7) is 5.29. The minimum Gasteiger partial charge on any atom is -0.343 e. The van der Waals surface area contributed by atoms with Gasteiger partial charge in [-0.2, -0.15) is 13.2 Å². The molecule has 0 aliphatic carbocycles. The molecule has 2 atom stereocenters. The molecule has 25 heavy (non-hydrogen) atoms. The molecule has 3 nitrogen and oxygen atoms in total. The zero-order valence-electron chi connectivity index (χ0n) is 14.6. The van der Waals surface area contributed by atoms with Crippen LogP contribution >= 0.6 is 12.4 Å². The van der Waals surface area contributed by atoms with Crippen molar-refractivity contribution in [1.29, 1.82) is 0 Å². The van der Waals surface area contributed by atoms with E-state index < -0.39 is 11.7 Å². The first-order valence-corrected chi connectivity index (χ1v) is 8.39. The molecule has 1 aromatic rings. The van der Waals surface area contributed by atoms with Gasteiger partial charge in [0.15, 0.2) is 0 Å². The minimum absolute atomic E-state index is 0. The number of nitrogens with zero attached hydrogens (tertiary/aromatic N) is 1. The third-order valence-electron chi connectivity index (χ3n) is 4.92.